The highest BCUT2D eigenvalue weighted by Crippen LogP contribution is 2.31. The summed E-state index contributed by atoms with van der Waals surface area (Å²) in [5.74, 6) is 0.472. The van der Waals surface area contributed by atoms with Gasteiger partial charge in [-0.15, -0.1) is 0 Å². The van der Waals surface area contributed by atoms with Gasteiger partial charge in [-0.2, -0.15) is 5.10 Å². The summed E-state index contributed by atoms with van der Waals surface area (Å²) in [6.45, 7) is 3.12. The second-order valence-corrected chi connectivity index (χ2v) is 6.94. The van der Waals surface area contributed by atoms with Crippen LogP contribution in [0.2, 0.25) is 0 Å². The molecule has 24 heavy (non-hydrogen) atoms. The van der Waals surface area contributed by atoms with E-state index >= 15 is 0 Å². The molecule has 0 saturated carbocycles. The zero-order valence-corrected chi connectivity index (χ0v) is 14.9. The van der Waals surface area contributed by atoms with Crippen molar-refractivity contribution < 1.29 is 0 Å². The van der Waals surface area contributed by atoms with E-state index in [9.17, 15) is 0 Å². The molecule has 124 valence electrons. The monoisotopic (exact) mass is 386 g/mol. The molecule has 1 aliphatic heterocycles. The molecule has 7 heteroatoms. The minimum Gasteiger partial charge on any atom is -0.383 e. The number of hydrogen-bond acceptors (Lipinski definition) is 5. The van der Waals surface area contributed by atoms with Crippen LogP contribution < -0.4 is 5.73 Å². The van der Waals surface area contributed by atoms with E-state index < -0.39 is 0 Å². The van der Waals surface area contributed by atoms with E-state index in [1.165, 1.54) is 11.9 Å². The van der Waals surface area contributed by atoms with Crippen LogP contribution in [0.15, 0.2) is 41.3 Å². The zero-order chi connectivity index (χ0) is 16.5. The minimum atomic E-state index is 0.347. The zero-order valence-electron chi connectivity index (χ0n) is 13.3. The van der Waals surface area contributed by atoms with E-state index in [0.717, 1.165) is 48.1 Å². The Labute approximate surface area is 148 Å². The van der Waals surface area contributed by atoms with Gasteiger partial charge in [-0.05, 0) is 34.3 Å². The standard InChI is InChI=1S/C17H19BrN6/c18-15-14-16(19)20-11-21-17(14)24(22-15)13-6-8-23(9-7-13)10-12-4-2-1-3-5-12/h1-5,11,13H,6-10H2,(H2,19,20,21). The maximum absolute atomic E-state index is 5.97. The van der Waals surface area contributed by atoms with Gasteiger partial charge in [0.25, 0.3) is 0 Å². The van der Waals surface area contributed by atoms with Crippen molar-refractivity contribution in [3.8, 4) is 0 Å². The van der Waals surface area contributed by atoms with Gasteiger partial charge >= 0.3 is 0 Å². The predicted molar refractivity (Wildman–Crippen MR) is 97.4 cm³/mol. The minimum absolute atomic E-state index is 0.347. The van der Waals surface area contributed by atoms with E-state index in [1.807, 2.05) is 4.68 Å². The first-order valence-corrected chi connectivity index (χ1v) is 8.92. The molecule has 0 atom stereocenters. The molecule has 3 aromatic rings. The highest BCUT2D eigenvalue weighted by molar-refractivity contribution is 9.10. The number of nitrogen functional groups attached to an aromatic ring is 1. The van der Waals surface area contributed by atoms with E-state index in [-0.39, 0.29) is 0 Å². The molecule has 1 fully saturated rings. The first kappa shape index (κ1) is 15.5. The second-order valence-electron chi connectivity index (χ2n) is 6.19. The van der Waals surface area contributed by atoms with Crippen molar-refractivity contribution in [2.24, 2.45) is 0 Å². The van der Waals surface area contributed by atoms with Crippen LogP contribution in [0.25, 0.3) is 11.0 Å². The average Bonchev–Trinajstić information content (AvgIpc) is 2.95. The van der Waals surface area contributed by atoms with Crippen molar-refractivity contribution in [1.82, 2.24) is 24.6 Å². The third-order valence-corrected chi connectivity index (χ3v) is 5.18. The van der Waals surface area contributed by atoms with Gasteiger partial charge < -0.3 is 5.73 Å². The number of fused-ring (bicyclic) bond motifs is 1. The smallest absolute Gasteiger partial charge is 0.164 e. The Balaban J connectivity index is 1.49. The lowest BCUT2D eigenvalue weighted by atomic mass is 10.0. The summed E-state index contributed by atoms with van der Waals surface area (Å²) >= 11 is 3.49. The molecule has 0 unspecified atom stereocenters. The van der Waals surface area contributed by atoms with Gasteiger partial charge in [0.2, 0.25) is 0 Å². The normalized spacial score (nSPS) is 16.7. The molecule has 1 saturated heterocycles. The largest absolute Gasteiger partial charge is 0.383 e. The topological polar surface area (TPSA) is 72.9 Å². The fourth-order valence-electron chi connectivity index (χ4n) is 3.37. The number of rotatable bonds is 3. The van der Waals surface area contributed by atoms with E-state index in [0.29, 0.717) is 11.9 Å². The van der Waals surface area contributed by atoms with Gasteiger partial charge in [0.05, 0.1) is 11.4 Å². The summed E-state index contributed by atoms with van der Waals surface area (Å²) in [5, 5.41) is 5.43. The Hall–Kier alpha value is -1.99. The molecule has 2 aromatic heterocycles. The van der Waals surface area contributed by atoms with Crippen LogP contribution in [0.1, 0.15) is 24.4 Å². The van der Waals surface area contributed by atoms with E-state index in [4.69, 9.17) is 5.73 Å². The summed E-state index contributed by atoms with van der Waals surface area (Å²) in [5.41, 5.74) is 8.15. The number of piperidine rings is 1. The molecular formula is C17H19BrN6. The molecule has 0 spiro atoms. The number of likely N-dealkylation sites (tertiary alicyclic amines) is 1. The SMILES string of the molecule is Nc1ncnc2c1c(Br)nn2C1CCN(Cc2ccccc2)CC1. The number of nitrogens with zero attached hydrogens (tertiary/aromatic N) is 5. The molecule has 3 heterocycles. The van der Waals surface area contributed by atoms with Gasteiger partial charge in [0.15, 0.2) is 5.65 Å². The van der Waals surface area contributed by atoms with Gasteiger partial charge in [-0.3, -0.25) is 4.90 Å². The number of anilines is 1. The average molecular weight is 387 g/mol. The van der Waals surface area contributed by atoms with Crippen LogP contribution in [-0.2, 0) is 6.54 Å². The molecule has 1 aromatic carbocycles. The van der Waals surface area contributed by atoms with Crippen LogP contribution in [-0.4, -0.2) is 37.7 Å². The molecule has 2 N–H and O–H groups in total. The number of aromatic nitrogens is 4. The summed E-state index contributed by atoms with van der Waals surface area (Å²) in [6, 6.07) is 11.0. The molecule has 1 aliphatic rings. The number of halogens is 1. The lowest BCUT2D eigenvalue weighted by molar-refractivity contribution is 0.175. The molecule has 0 bridgehead atoms. The molecular weight excluding hydrogens is 368 g/mol. The maximum atomic E-state index is 5.97. The molecule has 0 amide bonds. The van der Waals surface area contributed by atoms with Gasteiger partial charge in [0.1, 0.15) is 16.7 Å². The molecule has 6 nitrogen and oxygen atoms in total. The van der Waals surface area contributed by atoms with Crippen LogP contribution in [0.5, 0.6) is 0 Å². The first-order chi connectivity index (χ1) is 11.7. The summed E-state index contributed by atoms with van der Waals surface area (Å²) in [7, 11) is 0. The first-order valence-electron chi connectivity index (χ1n) is 8.13. The fraction of sp³-hybridized carbons (Fsp3) is 0.353. The third kappa shape index (κ3) is 2.89. The van der Waals surface area contributed by atoms with Gasteiger partial charge in [-0.1, -0.05) is 30.3 Å². The highest BCUT2D eigenvalue weighted by Gasteiger charge is 2.24. The Morgan fingerprint density at radius 1 is 1.12 bits per heavy atom. The quantitative estimate of drug-likeness (QED) is 0.748. The predicted octanol–water partition coefficient (Wildman–Crippen LogP) is 3.01. The van der Waals surface area contributed by atoms with Crippen molar-refractivity contribution in [2.75, 3.05) is 18.8 Å². The van der Waals surface area contributed by atoms with Crippen LogP contribution in [0.3, 0.4) is 0 Å². The lowest BCUT2D eigenvalue weighted by Gasteiger charge is -2.32. The van der Waals surface area contributed by atoms with Crippen molar-refractivity contribution in [3.63, 3.8) is 0 Å². The summed E-state index contributed by atoms with van der Waals surface area (Å²) < 4.78 is 2.74. The van der Waals surface area contributed by atoms with Crippen molar-refractivity contribution in [3.05, 3.63) is 46.8 Å². The fourth-order valence-corrected chi connectivity index (χ4v) is 3.92. The maximum Gasteiger partial charge on any atom is 0.164 e. The molecule has 4 rings (SSSR count). The van der Waals surface area contributed by atoms with E-state index in [2.05, 4.69) is 66.2 Å². The van der Waals surface area contributed by atoms with E-state index in [1.54, 1.807) is 0 Å². The van der Waals surface area contributed by atoms with Crippen LogP contribution >= 0.6 is 15.9 Å². The van der Waals surface area contributed by atoms with Crippen LogP contribution in [0, 0.1) is 0 Å². The third-order valence-electron chi connectivity index (χ3n) is 4.63. The summed E-state index contributed by atoms with van der Waals surface area (Å²) in [6.07, 6.45) is 3.62. The Bertz CT molecular complexity index is 839. The van der Waals surface area contributed by atoms with Gasteiger partial charge in [-0.25, -0.2) is 14.6 Å². The Morgan fingerprint density at radius 3 is 2.62 bits per heavy atom. The Kier molecular flexibility index (Phi) is 4.20. The summed E-state index contributed by atoms with van der Waals surface area (Å²) in [4.78, 5) is 10.9. The number of nitrogens with two attached hydrogens (primary N) is 1. The number of benzene rings is 1. The molecule has 0 aliphatic carbocycles. The van der Waals surface area contributed by atoms with Crippen LogP contribution in [0.4, 0.5) is 5.82 Å². The lowest BCUT2D eigenvalue weighted by Crippen LogP contribution is -2.34. The highest BCUT2D eigenvalue weighted by atomic mass is 79.9. The van der Waals surface area contributed by atoms with Gasteiger partial charge in [0, 0.05) is 19.6 Å². The van der Waals surface area contributed by atoms with Crippen molar-refractivity contribution >= 4 is 32.8 Å². The van der Waals surface area contributed by atoms with Crippen molar-refractivity contribution in [2.45, 2.75) is 25.4 Å². The second kappa shape index (κ2) is 6.49. The number of hydrogen-bond donors (Lipinski definition) is 1. The Morgan fingerprint density at radius 2 is 1.88 bits per heavy atom. The van der Waals surface area contributed by atoms with Crippen molar-refractivity contribution in [1.29, 1.82) is 0 Å². The molecule has 0 radical (unpaired) electrons.